The van der Waals surface area contributed by atoms with E-state index in [1.54, 1.807) is 0 Å². The van der Waals surface area contributed by atoms with Gasteiger partial charge in [-0.25, -0.2) is 4.68 Å². The maximum absolute atomic E-state index is 4.94. The number of rotatable bonds is 3. The van der Waals surface area contributed by atoms with Crippen LogP contribution in [0.25, 0.3) is 28.1 Å². The Hall–Kier alpha value is -2.85. The highest BCUT2D eigenvalue weighted by Gasteiger charge is 2.23. The van der Waals surface area contributed by atoms with Gasteiger partial charge >= 0.3 is 0 Å². The molecular formula is C23H18BrN3. The number of halogens is 1. The van der Waals surface area contributed by atoms with E-state index in [2.05, 4.69) is 81.9 Å². The molecule has 0 aliphatic carbocycles. The summed E-state index contributed by atoms with van der Waals surface area (Å²) in [5, 5.41) is 8.44. The van der Waals surface area contributed by atoms with Gasteiger partial charge in [0.25, 0.3) is 0 Å². The maximum Gasteiger partial charge on any atom is 0.133 e. The minimum absolute atomic E-state index is 0.957. The van der Waals surface area contributed by atoms with Gasteiger partial charge in [0.15, 0.2) is 0 Å². The third kappa shape index (κ3) is 2.96. The summed E-state index contributed by atoms with van der Waals surface area (Å²) in [5.74, 6) is 1.11. The van der Waals surface area contributed by atoms with E-state index in [9.17, 15) is 0 Å². The average Bonchev–Trinajstić information content (AvgIpc) is 3.33. The van der Waals surface area contributed by atoms with E-state index in [-0.39, 0.29) is 0 Å². The summed E-state index contributed by atoms with van der Waals surface area (Å²) in [7, 11) is 0. The molecule has 4 heteroatoms. The summed E-state index contributed by atoms with van der Waals surface area (Å²) in [4.78, 5) is 0. The van der Waals surface area contributed by atoms with Crippen molar-refractivity contribution in [2.45, 2.75) is 6.42 Å². The molecule has 0 spiro atoms. The Labute approximate surface area is 166 Å². The zero-order valence-electron chi connectivity index (χ0n) is 14.7. The van der Waals surface area contributed by atoms with Crippen molar-refractivity contribution in [1.29, 1.82) is 0 Å². The Morgan fingerprint density at radius 1 is 0.778 bits per heavy atom. The van der Waals surface area contributed by atoms with Crippen molar-refractivity contribution in [3.8, 4) is 28.1 Å². The molecule has 1 N–H and O–H groups in total. The molecule has 0 saturated heterocycles. The summed E-state index contributed by atoms with van der Waals surface area (Å²) in [6.07, 6.45) is 1.00. The number of nitrogens with zero attached hydrogens (tertiary/aromatic N) is 2. The van der Waals surface area contributed by atoms with E-state index >= 15 is 0 Å². The first-order chi connectivity index (χ1) is 13.3. The van der Waals surface area contributed by atoms with Gasteiger partial charge < -0.3 is 5.32 Å². The lowest BCUT2D eigenvalue weighted by atomic mass is 10.0. The van der Waals surface area contributed by atoms with E-state index in [1.165, 1.54) is 16.7 Å². The summed E-state index contributed by atoms with van der Waals surface area (Å²) in [6.45, 7) is 0.957. The molecule has 0 amide bonds. The molecule has 0 unspecified atom stereocenters. The average molecular weight is 416 g/mol. The molecule has 1 aliphatic rings. The predicted octanol–water partition coefficient (Wildman–Crippen LogP) is 5.94. The van der Waals surface area contributed by atoms with E-state index in [1.807, 2.05) is 22.9 Å². The first-order valence-electron chi connectivity index (χ1n) is 9.07. The molecule has 27 heavy (non-hydrogen) atoms. The summed E-state index contributed by atoms with van der Waals surface area (Å²) in [6, 6.07) is 27.4. The molecule has 2 heterocycles. The summed E-state index contributed by atoms with van der Waals surface area (Å²) < 4.78 is 3.09. The molecule has 0 bridgehead atoms. The van der Waals surface area contributed by atoms with E-state index < -0.39 is 0 Å². The molecule has 5 rings (SSSR count). The molecule has 3 aromatic carbocycles. The lowest BCUT2D eigenvalue weighted by molar-refractivity contribution is 0.882. The van der Waals surface area contributed by atoms with Crippen molar-refractivity contribution in [1.82, 2.24) is 9.78 Å². The largest absolute Gasteiger partial charge is 0.369 e. The fraction of sp³-hybridized carbons (Fsp3) is 0.0870. The molecule has 1 aliphatic heterocycles. The molecule has 132 valence electrons. The number of aromatic nitrogens is 2. The highest BCUT2D eigenvalue weighted by Crippen LogP contribution is 2.35. The fourth-order valence-corrected chi connectivity index (χ4v) is 3.89. The van der Waals surface area contributed by atoms with Crippen LogP contribution in [0, 0.1) is 0 Å². The Morgan fingerprint density at radius 2 is 1.44 bits per heavy atom. The number of nitrogens with one attached hydrogen (secondary N) is 1. The van der Waals surface area contributed by atoms with Gasteiger partial charge in [0.2, 0.25) is 0 Å². The second-order valence-corrected chi connectivity index (χ2v) is 7.60. The molecule has 0 fully saturated rings. The molecule has 4 aromatic rings. The third-order valence-electron chi connectivity index (χ3n) is 4.99. The van der Waals surface area contributed by atoms with Crippen LogP contribution in [0.2, 0.25) is 0 Å². The van der Waals surface area contributed by atoms with Crippen molar-refractivity contribution in [2.75, 3.05) is 11.9 Å². The molecule has 1 aromatic heterocycles. The van der Waals surface area contributed by atoms with Gasteiger partial charge in [0.05, 0.1) is 11.4 Å². The number of hydrogen-bond acceptors (Lipinski definition) is 2. The van der Waals surface area contributed by atoms with Crippen LogP contribution in [0.15, 0.2) is 83.3 Å². The van der Waals surface area contributed by atoms with Crippen LogP contribution in [-0.4, -0.2) is 16.3 Å². The van der Waals surface area contributed by atoms with Gasteiger partial charge in [0, 0.05) is 22.1 Å². The zero-order valence-corrected chi connectivity index (χ0v) is 16.3. The summed E-state index contributed by atoms with van der Waals surface area (Å²) in [5.41, 5.74) is 7.04. The Balaban J connectivity index is 1.56. The number of hydrogen-bond donors (Lipinski definition) is 1. The second kappa shape index (κ2) is 6.71. The van der Waals surface area contributed by atoms with Gasteiger partial charge in [0.1, 0.15) is 5.82 Å². The molecule has 3 nitrogen and oxygen atoms in total. The standard InChI is InChI=1S/C23H18BrN3/c24-19-10-12-20(13-11-19)27-23-21(14-15-25-23)22(26-27)18-8-6-17(7-9-18)16-4-2-1-3-5-16/h1-13,25H,14-15H2. The van der Waals surface area contributed by atoms with Crippen LogP contribution < -0.4 is 5.32 Å². The Kier molecular flexibility index (Phi) is 4.06. The quantitative estimate of drug-likeness (QED) is 0.448. The highest BCUT2D eigenvalue weighted by molar-refractivity contribution is 9.10. The van der Waals surface area contributed by atoms with Crippen LogP contribution >= 0.6 is 15.9 Å². The van der Waals surface area contributed by atoms with Gasteiger partial charge in [-0.3, -0.25) is 0 Å². The SMILES string of the molecule is Brc1ccc(-n2nc(-c3ccc(-c4ccccc4)cc3)c3c2NCC3)cc1. The lowest BCUT2D eigenvalue weighted by Crippen LogP contribution is -2.04. The van der Waals surface area contributed by atoms with Crippen molar-refractivity contribution in [3.63, 3.8) is 0 Å². The predicted molar refractivity (Wildman–Crippen MR) is 114 cm³/mol. The molecule has 0 radical (unpaired) electrons. The third-order valence-corrected chi connectivity index (χ3v) is 5.52. The maximum atomic E-state index is 4.94. The Morgan fingerprint density at radius 3 is 2.19 bits per heavy atom. The van der Waals surface area contributed by atoms with Gasteiger partial charge in [-0.15, -0.1) is 0 Å². The molecular weight excluding hydrogens is 398 g/mol. The minimum atomic E-state index is 0.957. The van der Waals surface area contributed by atoms with Crippen LogP contribution in [0.5, 0.6) is 0 Å². The van der Waals surface area contributed by atoms with Crippen molar-refractivity contribution in [3.05, 3.63) is 88.9 Å². The van der Waals surface area contributed by atoms with E-state index in [0.717, 1.165) is 40.2 Å². The normalized spacial score (nSPS) is 12.6. The van der Waals surface area contributed by atoms with Gasteiger partial charge in [-0.05, 0) is 41.8 Å². The van der Waals surface area contributed by atoms with Crippen LogP contribution in [0.1, 0.15) is 5.56 Å². The minimum Gasteiger partial charge on any atom is -0.369 e. The van der Waals surface area contributed by atoms with Crippen LogP contribution in [0.3, 0.4) is 0 Å². The van der Waals surface area contributed by atoms with E-state index in [4.69, 9.17) is 5.10 Å². The molecule has 0 saturated carbocycles. The number of anilines is 1. The zero-order chi connectivity index (χ0) is 18.2. The van der Waals surface area contributed by atoms with Gasteiger partial charge in [-0.2, -0.15) is 5.10 Å². The fourth-order valence-electron chi connectivity index (χ4n) is 3.63. The van der Waals surface area contributed by atoms with Crippen molar-refractivity contribution >= 4 is 21.7 Å². The van der Waals surface area contributed by atoms with Crippen molar-refractivity contribution in [2.24, 2.45) is 0 Å². The summed E-state index contributed by atoms with van der Waals surface area (Å²) >= 11 is 3.50. The lowest BCUT2D eigenvalue weighted by Gasteiger charge is -2.06. The van der Waals surface area contributed by atoms with Crippen molar-refractivity contribution < 1.29 is 0 Å². The topological polar surface area (TPSA) is 29.9 Å². The smallest absolute Gasteiger partial charge is 0.133 e. The Bertz CT molecular complexity index is 1080. The van der Waals surface area contributed by atoms with Crippen LogP contribution in [0.4, 0.5) is 5.82 Å². The first-order valence-corrected chi connectivity index (χ1v) is 9.86. The second-order valence-electron chi connectivity index (χ2n) is 6.68. The van der Waals surface area contributed by atoms with Crippen LogP contribution in [-0.2, 0) is 6.42 Å². The molecule has 0 atom stereocenters. The van der Waals surface area contributed by atoms with Gasteiger partial charge in [-0.1, -0.05) is 70.5 Å². The monoisotopic (exact) mass is 415 g/mol. The first kappa shape index (κ1) is 16.3. The number of fused-ring (bicyclic) bond motifs is 1. The highest BCUT2D eigenvalue weighted by atomic mass is 79.9. The number of benzene rings is 3. The van der Waals surface area contributed by atoms with E-state index in [0.29, 0.717) is 0 Å².